The number of amides is 2. The number of rotatable bonds is 14. The van der Waals surface area contributed by atoms with Crippen LogP contribution in [0.4, 0.5) is 0 Å². The van der Waals surface area contributed by atoms with Crippen LogP contribution in [0.2, 0.25) is 0 Å². The highest BCUT2D eigenvalue weighted by Gasteiger charge is 2.27. The molecule has 1 unspecified atom stereocenters. The van der Waals surface area contributed by atoms with Crippen LogP contribution in [-0.4, -0.2) is 49.6 Å². The number of methoxy groups -OCH3 is 1. The third-order valence-electron chi connectivity index (χ3n) is 5.28. The van der Waals surface area contributed by atoms with Gasteiger partial charge in [0.05, 0.1) is 13.7 Å². The standard InChI is InChI=1S/C26H36N2O4/c1-4-18-27-26(30)24(5-2)28(19-17-21-10-7-6-8-11-21)25(29)12-9-20-32-23-15-13-22(31-3)14-16-23/h6-8,10-11,13-16,24H,4-5,9,12,17-20H2,1-3H3,(H,27,30). The Morgan fingerprint density at radius 2 is 1.69 bits per heavy atom. The van der Waals surface area contributed by atoms with Gasteiger partial charge in [0.15, 0.2) is 0 Å². The summed E-state index contributed by atoms with van der Waals surface area (Å²) in [5.41, 5.74) is 1.15. The molecule has 0 aromatic heterocycles. The molecule has 174 valence electrons. The maximum absolute atomic E-state index is 13.1. The molecule has 32 heavy (non-hydrogen) atoms. The highest BCUT2D eigenvalue weighted by molar-refractivity contribution is 5.87. The summed E-state index contributed by atoms with van der Waals surface area (Å²) >= 11 is 0. The highest BCUT2D eigenvalue weighted by Crippen LogP contribution is 2.17. The number of nitrogens with zero attached hydrogens (tertiary/aromatic N) is 1. The molecular weight excluding hydrogens is 404 g/mol. The Kier molecular flexibility index (Phi) is 11.1. The molecule has 0 spiro atoms. The van der Waals surface area contributed by atoms with E-state index in [1.807, 2.05) is 68.4 Å². The molecular formula is C26H36N2O4. The maximum atomic E-state index is 13.1. The van der Waals surface area contributed by atoms with E-state index in [-0.39, 0.29) is 11.8 Å². The predicted octanol–water partition coefficient (Wildman–Crippen LogP) is 4.23. The molecule has 0 fully saturated rings. The lowest BCUT2D eigenvalue weighted by molar-refractivity contribution is -0.140. The van der Waals surface area contributed by atoms with Crippen LogP contribution in [0.3, 0.4) is 0 Å². The minimum atomic E-state index is -0.458. The Hall–Kier alpha value is -3.02. The average Bonchev–Trinajstić information content (AvgIpc) is 2.83. The summed E-state index contributed by atoms with van der Waals surface area (Å²) in [6, 6.07) is 17.0. The van der Waals surface area contributed by atoms with Gasteiger partial charge in [-0.25, -0.2) is 0 Å². The SMILES string of the molecule is CCCNC(=O)C(CC)N(CCc1ccccc1)C(=O)CCCOc1ccc(OC)cc1. The van der Waals surface area contributed by atoms with Crippen molar-refractivity contribution in [1.82, 2.24) is 10.2 Å². The quantitative estimate of drug-likeness (QED) is 0.447. The van der Waals surface area contributed by atoms with Gasteiger partial charge in [-0.05, 0) is 55.5 Å². The van der Waals surface area contributed by atoms with Crippen LogP contribution < -0.4 is 14.8 Å². The zero-order chi connectivity index (χ0) is 23.2. The fourth-order valence-corrected chi connectivity index (χ4v) is 3.49. The Bertz CT molecular complexity index is 808. The third-order valence-corrected chi connectivity index (χ3v) is 5.28. The first-order valence-corrected chi connectivity index (χ1v) is 11.5. The molecule has 0 radical (unpaired) electrons. The van der Waals surface area contributed by atoms with Crippen molar-refractivity contribution in [3.05, 3.63) is 60.2 Å². The van der Waals surface area contributed by atoms with E-state index in [1.165, 1.54) is 0 Å². The number of ether oxygens (including phenoxy) is 2. The first-order chi connectivity index (χ1) is 15.6. The molecule has 0 heterocycles. The molecule has 0 aliphatic heterocycles. The largest absolute Gasteiger partial charge is 0.497 e. The summed E-state index contributed by atoms with van der Waals surface area (Å²) in [5.74, 6) is 1.42. The van der Waals surface area contributed by atoms with Gasteiger partial charge in [-0.3, -0.25) is 9.59 Å². The molecule has 2 amide bonds. The van der Waals surface area contributed by atoms with E-state index in [1.54, 1.807) is 12.0 Å². The fraction of sp³-hybridized carbons (Fsp3) is 0.462. The van der Waals surface area contributed by atoms with Gasteiger partial charge in [0.1, 0.15) is 17.5 Å². The van der Waals surface area contributed by atoms with Crippen molar-refractivity contribution in [2.75, 3.05) is 26.8 Å². The van der Waals surface area contributed by atoms with Crippen LogP contribution in [0.1, 0.15) is 45.1 Å². The van der Waals surface area contributed by atoms with Gasteiger partial charge in [0.25, 0.3) is 0 Å². The minimum Gasteiger partial charge on any atom is -0.497 e. The smallest absolute Gasteiger partial charge is 0.242 e. The number of carbonyl (C=O) groups excluding carboxylic acids is 2. The van der Waals surface area contributed by atoms with Crippen LogP contribution in [0.15, 0.2) is 54.6 Å². The summed E-state index contributed by atoms with van der Waals surface area (Å²) < 4.78 is 10.9. The molecule has 0 aliphatic carbocycles. The monoisotopic (exact) mass is 440 g/mol. The lowest BCUT2D eigenvalue weighted by Crippen LogP contribution is -2.50. The van der Waals surface area contributed by atoms with Crippen LogP contribution in [0.5, 0.6) is 11.5 Å². The van der Waals surface area contributed by atoms with Gasteiger partial charge in [-0.1, -0.05) is 44.2 Å². The zero-order valence-corrected chi connectivity index (χ0v) is 19.5. The molecule has 6 nitrogen and oxygen atoms in total. The molecule has 2 aromatic rings. The van der Waals surface area contributed by atoms with Gasteiger partial charge in [-0.2, -0.15) is 0 Å². The number of benzene rings is 2. The molecule has 0 saturated carbocycles. The Morgan fingerprint density at radius 1 is 1.00 bits per heavy atom. The predicted molar refractivity (Wildman–Crippen MR) is 127 cm³/mol. The molecule has 6 heteroatoms. The average molecular weight is 441 g/mol. The summed E-state index contributed by atoms with van der Waals surface area (Å²) in [5, 5.41) is 2.95. The number of carbonyl (C=O) groups is 2. The fourth-order valence-electron chi connectivity index (χ4n) is 3.49. The molecule has 1 N–H and O–H groups in total. The lowest BCUT2D eigenvalue weighted by Gasteiger charge is -2.30. The van der Waals surface area contributed by atoms with Crippen molar-refractivity contribution in [2.45, 2.75) is 52.0 Å². The molecule has 0 aliphatic rings. The number of nitrogens with one attached hydrogen (secondary N) is 1. The summed E-state index contributed by atoms with van der Waals surface area (Å²) in [7, 11) is 1.62. The molecule has 2 aromatic carbocycles. The Labute approximate surface area is 191 Å². The van der Waals surface area contributed by atoms with Crippen LogP contribution in [0, 0.1) is 0 Å². The van der Waals surface area contributed by atoms with E-state index in [4.69, 9.17) is 9.47 Å². The third kappa shape index (κ3) is 8.25. The van der Waals surface area contributed by atoms with Gasteiger partial charge < -0.3 is 19.7 Å². The van der Waals surface area contributed by atoms with Crippen LogP contribution >= 0.6 is 0 Å². The first kappa shape index (κ1) is 25.2. The zero-order valence-electron chi connectivity index (χ0n) is 19.5. The summed E-state index contributed by atoms with van der Waals surface area (Å²) in [6.07, 6.45) is 3.08. The van der Waals surface area contributed by atoms with Crippen molar-refractivity contribution >= 4 is 11.8 Å². The van der Waals surface area contributed by atoms with Crippen molar-refractivity contribution in [3.8, 4) is 11.5 Å². The van der Waals surface area contributed by atoms with Gasteiger partial charge in [0.2, 0.25) is 11.8 Å². The van der Waals surface area contributed by atoms with E-state index in [9.17, 15) is 9.59 Å². The van der Waals surface area contributed by atoms with Crippen molar-refractivity contribution in [2.24, 2.45) is 0 Å². The van der Waals surface area contributed by atoms with E-state index in [2.05, 4.69) is 5.32 Å². The number of hydrogen-bond acceptors (Lipinski definition) is 4. The minimum absolute atomic E-state index is 0.0160. The Morgan fingerprint density at radius 3 is 2.31 bits per heavy atom. The van der Waals surface area contributed by atoms with Crippen LogP contribution in [0.25, 0.3) is 0 Å². The van der Waals surface area contributed by atoms with Gasteiger partial charge in [0, 0.05) is 19.5 Å². The normalized spacial score (nSPS) is 11.5. The number of hydrogen-bond donors (Lipinski definition) is 1. The van der Waals surface area contributed by atoms with E-state index in [0.717, 1.165) is 23.5 Å². The van der Waals surface area contributed by atoms with Crippen LogP contribution in [-0.2, 0) is 16.0 Å². The maximum Gasteiger partial charge on any atom is 0.242 e. The second kappa shape index (κ2) is 14.1. The van der Waals surface area contributed by atoms with Crippen molar-refractivity contribution < 1.29 is 19.1 Å². The van der Waals surface area contributed by atoms with E-state index in [0.29, 0.717) is 45.4 Å². The van der Waals surface area contributed by atoms with Gasteiger partial charge in [-0.15, -0.1) is 0 Å². The lowest BCUT2D eigenvalue weighted by atomic mass is 10.1. The summed E-state index contributed by atoms with van der Waals surface area (Å²) in [4.78, 5) is 27.6. The van der Waals surface area contributed by atoms with Crippen molar-refractivity contribution in [3.63, 3.8) is 0 Å². The first-order valence-electron chi connectivity index (χ1n) is 11.5. The molecule has 2 rings (SSSR count). The molecule has 1 atom stereocenters. The molecule has 0 bridgehead atoms. The van der Waals surface area contributed by atoms with E-state index < -0.39 is 6.04 Å². The Balaban J connectivity index is 1.95. The van der Waals surface area contributed by atoms with Crippen molar-refractivity contribution in [1.29, 1.82) is 0 Å². The second-order valence-corrected chi connectivity index (χ2v) is 7.67. The highest BCUT2D eigenvalue weighted by atomic mass is 16.5. The van der Waals surface area contributed by atoms with Gasteiger partial charge >= 0.3 is 0 Å². The van der Waals surface area contributed by atoms with E-state index >= 15 is 0 Å². The molecule has 0 saturated heterocycles. The topological polar surface area (TPSA) is 67.9 Å². The second-order valence-electron chi connectivity index (χ2n) is 7.67. The summed E-state index contributed by atoms with van der Waals surface area (Å²) in [6.45, 7) is 5.53.